The maximum Gasteiger partial charge on any atom is 0.268 e. The number of carbonyl (C=O) groups excluding carboxylic acids is 2. The monoisotopic (exact) mass is 366 g/mol. The van der Waals surface area contributed by atoms with Crippen LogP contribution in [0.4, 0.5) is 8.78 Å². The molecule has 8 heteroatoms. The van der Waals surface area contributed by atoms with Gasteiger partial charge in [-0.15, -0.1) is 0 Å². The Morgan fingerprint density at radius 3 is 2.73 bits per heavy atom. The summed E-state index contributed by atoms with van der Waals surface area (Å²) in [6.07, 6.45) is 6.86. The molecule has 0 spiro atoms. The van der Waals surface area contributed by atoms with E-state index in [1.165, 1.54) is 0 Å². The van der Waals surface area contributed by atoms with Crippen LogP contribution < -0.4 is 11.1 Å². The van der Waals surface area contributed by atoms with E-state index in [1.807, 2.05) is 13.0 Å². The van der Waals surface area contributed by atoms with Crippen LogP contribution in [0.15, 0.2) is 35.5 Å². The number of nitriles is 1. The Kier molecular flexibility index (Phi) is 8.13. The molecule has 6 nitrogen and oxygen atoms in total. The van der Waals surface area contributed by atoms with Gasteiger partial charge in [0.15, 0.2) is 0 Å². The van der Waals surface area contributed by atoms with E-state index >= 15 is 0 Å². The predicted octanol–water partition coefficient (Wildman–Crippen LogP) is 1.66. The summed E-state index contributed by atoms with van der Waals surface area (Å²) in [5, 5.41) is 11.3. The van der Waals surface area contributed by atoms with Gasteiger partial charge in [-0.25, -0.2) is 8.78 Å². The highest BCUT2D eigenvalue weighted by atomic mass is 19.3. The maximum absolute atomic E-state index is 13.4. The van der Waals surface area contributed by atoms with Gasteiger partial charge in [-0.1, -0.05) is 24.6 Å². The standard InChI is InChI=1S/C18H24F2N4O2/c1-3-4-5-6-14(7-13(2)9-21)17(26)23-11-16(25)24-12-18(19,20)8-15(24)10-22/h4-7,15H,3,8-9,11-12,21H2,1-2H3,(H,23,26)/b5-4+,13-7+,14-6+. The van der Waals surface area contributed by atoms with Gasteiger partial charge >= 0.3 is 0 Å². The van der Waals surface area contributed by atoms with Crippen LogP contribution in [0, 0.1) is 11.3 Å². The highest BCUT2D eigenvalue weighted by Gasteiger charge is 2.47. The van der Waals surface area contributed by atoms with Crippen molar-refractivity contribution in [3.8, 4) is 6.07 Å². The molecule has 1 aliphatic heterocycles. The van der Waals surface area contributed by atoms with Crippen molar-refractivity contribution >= 4 is 11.8 Å². The first kappa shape index (κ1) is 21.5. The van der Waals surface area contributed by atoms with Crippen molar-refractivity contribution in [3.63, 3.8) is 0 Å². The fraction of sp³-hybridized carbons (Fsp3) is 0.500. The summed E-state index contributed by atoms with van der Waals surface area (Å²) < 4.78 is 26.8. The summed E-state index contributed by atoms with van der Waals surface area (Å²) in [6.45, 7) is 2.71. The molecule has 2 amide bonds. The lowest BCUT2D eigenvalue weighted by molar-refractivity contribution is -0.133. The van der Waals surface area contributed by atoms with E-state index in [0.29, 0.717) is 5.57 Å². The summed E-state index contributed by atoms with van der Waals surface area (Å²) in [6, 6.07) is 0.513. The first-order valence-electron chi connectivity index (χ1n) is 8.33. The summed E-state index contributed by atoms with van der Waals surface area (Å²) >= 11 is 0. The largest absolute Gasteiger partial charge is 0.343 e. The quantitative estimate of drug-likeness (QED) is 0.529. The second-order valence-corrected chi connectivity index (χ2v) is 6.06. The molecule has 0 aliphatic carbocycles. The molecule has 0 aromatic rings. The maximum atomic E-state index is 13.4. The lowest BCUT2D eigenvalue weighted by Gasteiger charge is -2.19. The van der Waals surface area contributed by atoms with Crippen LogP contribution in [-0.4, -0.2) is 48.3 Å². The number of halogens is 2. The Balaban J connectivity index is 2.78. The fourth-order valence-corrected chi connectivity index (χ4v) is 2.38. The first-order valence-corrected chi connectivity index (χ1v) is 8.33. The second kappa shape index (κ2) is 9.82. The van der Waals surface area contributed by atoms with Crippen molar-refractivity contribution in [3.05, 3.63) is 35.5 Å². The van der Waals surface area contributed by atoms with Gasteiger partial charge < -0.3 is 16.0 Å². The number of nitrogens with one attached hydrogen (secondary N) is 1. The van der Waals surface area contributed by atoms with Crippen LogP contribution in [0.1, 0.15) is 26.7 Å². The minimum Gasteiger partial charge on any atom is -0.343 e. The molecule has 0 saturated carbocycles. The van der Waals surface area contributed by atoms with Crippen molar-refractivity contribution in [2.24, 2.45) is 5.73 Å². The van der Waals surface area contributed by atoms with Crippen LogP contribution >= 0.6 is 0 Å². The number of amides is 2. The smallest absolute Gasteiger partial charge is 0.268 e. The minimum absolute atomic E-state index is 0.272. The third-order valence-corrected chi connectivity index (χ3v) is 3.77. The van der Waals surface area contributed by atoms with Crippen molar-refractivity contribution < 1.29 is 18.4 Å². The lowest BCUT2D eigenvalue weighted by Crippen LogP contribution is -2.43. The van der Waals surface area contributed by atoms with Crippen LogP contribution in [0.5, 0.6) is 0 Å². The molecule has 1 atom stereocenters. The zero-order valence-corrected chi connectivity index (χ0v) is 15.0. The average molecular weight is 366 g/mol. The topological polar surface area (TPSA) is 99.2 Å². The summed E-state index contributed by atoms with van der Waals surface area (Å²) in [5.74, 6) is -4.33. The van der Waals surface area contributed by atoms with E-state index in [-0.39, 0.29) is 6.54 Å². The molecule has 0 radical (unpaired) electrons. The summed E-state index contributed by atoms with van der Waals surface area (Å²) in [7, 11) is 0. The zero-order valence-electron chi connectivity index (χ0n) is 15.0. The number of nitrogens with two attached hydrogens (primary N) is 1. The van der Waals surface area contributed by atoms with E-state index in [0.717, 1.165) is 16.9 Å². The normalized spacial score (nSPS) is 20.3. The Hall–Kier alpha value is -2.53. The van der Waals surface area contributed by atoms with Crippen molar-refractivity contribution in [2.75, 3.05) is 19.6 Å². The SMILES string of the molecule is CC/C=C/C=C(\C=C(/C)CN)C(=O)NCC(=O)N1CC(F)(F)CC1C#N. The number of hydrogen-bond donors (Lipinski definition) is 2. The molecular formula is C18H24F2N4O2. The van der Waals surface area contributed by atoms with E-state index in [2.05, 4.69) is 5.32 Å². The molecule has 0 aromatic carbocycles. The highest BCUT2D eigenvalue weighted by molar-refractivity contribution is 5.98. The van der Waals surface area contributed by atoms with E-state index < -0.39 is 43.3 Å². The van der Waals surface area contributed by atoms with Gasteiger partial charge in [0, 0.05) is 18.5 Å². The van der Waals surface area contributed by atoms with Crippen molar-refractivity contribution in [2.45, 2.75) is 38.7 Å². The number of hydrogen-bond acceptors (Lipinski definition) is 4. The lowest BCUT2D eigenvalue weighted by atomic mass is 10.1. The van der Waals surface area contributed by atoms with Gasteiger partial charge in [-0.2, -0.15) is 5.26 Å². The van der Waals surface area contributed by atoms with Crippen molar-refractivity contribution in [1.29, 1.82) is 5.26 Å². The third kappa shape index (κ3) is 6.41. The number of allylic oxidation sites excluding steroid dienone is 3. The Bertz CT molecular complexity index is 663. The third-order valence-electron chi connectivity index (χ3n) is 3.77. The van der Waals surface area contributed by atoms with Crippen molar-refractivity contribution in [1.82, 2.24) is 10.2 Å². The zero-order chi connectivity index (χ0) is 19.7. The molecule has 1 heterocycles. The van der Waals surface area contributed by atoms with E-state index in [1.54, 1.807) is 31.2 Å². The molecule has 3 N–H and O–H groups in total. The molecule has 1 rings (SSSR count). The van der Waals surface area contributed by atoms with Crippen LogP contribution in [-0.2, 0) is 9.59 Å². The number of carbonyl (C=O) groups is 2. The number of nitrogens with zero attached hydrogens (tertiary/aromatic N) is 2. The Morgan fingerprint density at radius 1 is 1.46 bits per heavy atom. The first-order chi connectivity index (χ1) is 12.2. The molecule has 1 unspecified atom stereocenters. The Morgan fingerprint density at radius 2 is 2.15 bits per heavy atom. The van der Waals surface area contributed by atoms with Gasteiger partial charge in [0.1, 0.15) is 6.04 Å². The molecular weight excluding hydrogens is 342 g/mol. The number of likely N-dealkylation sites (tertiary alicyclic amines) is 1. The summed E-state index contributed by atoms with van der Waals surface area (Å²) in [4.78, 5) is 25.2. The van der Waals surface area contributed by atoms with Crippen LogP contribution in [0.3, 0.4) is 0 Å². The van der Waals surface area contributed by atoms with Gasteiger partial charge in [0.25, 0.3) is 11.8 Å². The molecule has 142 valence electrons. The fourth-order valence-electron chi connectivity index (χ4n) is 2.38. The second-order valence-electron chi connectivity index (χ2n) is 6.06. The van der Waals surface area contributed by atoms with E-state index in [9.17, 15) is 18.4 Å². The minimum atomic E-state index is -3.09. The highest BCUT2D eigenvalue weighted by Crippen LogP contribution is 2.31. The molecule has 1 saturated heterocycles. The van der Waals surface area contributed by atoms with Gasteiger partial charge in [0.2, 0.25) is 5.91 Å². The van der Waals surface area contributed by atoms with Crippen LogP contribution in [0.2, 0.25) is 0 Å². The van der Waals surface area contributed by atoms with Gasteiger partial charge in [-0.3, -0.25) is 9.59 Å². The van der Waals surface area contributed by atoms with Gasteiger partial charge in [-0.05, 0) is 25.5 Å². The van der Waals surface area contributed by atoms with Gasteiger partial charge in [0.05, 0.1) is 19.2 Å². The molecule has 1 fully saturated rings. The van der Waals surface area contributed by atoms with Crippen LogP contribution in [0.25, 0.3) is 0 Å². The molecule has 1 aliphatic rings. The Labute approximate surface area is 152 Å². The molecule has 0 bridgehead atoms. The number of rotatable bonds is 7. The number of alkyl halides is 2. The summed E-state index contributed by atoms with van der Waals surface area (Å²) in [5.41, 5.74) is 6.60. The molecule has 0 aromatic heterocycles. The molecule has 26 heavy (non-hydrogen) atoms. The van der Waals surface area contributed by atoms with E-state index in [4.69, 9.17) is 11.0 Å². The average Bonchev–Trinajstić information content (AvgIpc) is 2.93. The predicted molar refractivity (Wildman–Crippen MR) is 94.0 cm³/mol.